The molecule has 7 heteroatoms. The van der Waals surface area contributed by atoms with Crippen LogP contribution < -0.4 is 9.47 Å². The molecular formula is C22H21NO6. The van der Waals surface area contributed by atoms with E-state index in [-0.39, 0.29) is 25.0 Å². The zero-order valence-corrected chi connectivity index (χ0v) is 16.0. The second-order valence-corrected chi connectivity index (χ2v) is 6.99. The highest BCUT2D eigenvalue weighted by Gasteiger charge is 2.36. The van der Waals surface area contributed by atoms with Crippen molar-refractivity contribution in [1.82, 2.24) is 4.90 Å². The molecule has 29 heavy (non-hydrogen) atoms. The van der Waals surface area contributed by atoms with E-state index in [1.807, 2.05) is 6.07 Å². The van der Waals surface area contributed by atoms with Crippen molar-refractivity contribution in [2.45, 2.75) is 32.0 Å². The molecule has 4 rings (SSSR count). The number of imide groups is 1. The van der Waals surface area contributed by atoms with E-state index in [4.69, 9.17) is 14.2 Å². The average Bonchev–Trinajstić information content (AvgIpc) is 2.98. The van der Waals surface area contributed by atoms with E-state index < -0.39 is 18.2 Å². The van der Waals surface area contributed by atoms with Crippen LogP contribution >= 0.6 is 0 Å². The van der Waals surface area contributed by atoms with E-state index in [1.54, 1.807) is 49.4 Å². The number of ether oxygens (including phenoxy) is 3. The van der Waals surface area contributed by atoms with Gasteiger partial charge in [0.15, 0.2) is 11.5 Å². The second kappa shape index (κ2) is 7.95. The molecule has 0 saturated carbocycles. The lowest BCUT2D eigenvalue weighted by molar-refractivity contribution is -0.157. The lowest BCUT2D eigenvalue weighted by Gasteiger charge is -2.30. The smallest absolute Gasteiger partial charge is 0.351 e. The molecule has 0 unspecified atom stereocenters. The summed E-state index contributed by atoms with van der Waals surface area (Å²) >= 11 is 0. The number of hydrogen-bond donors (Lipinski definition) is 0. The van der Waals surface area contributed by atoms with Gasteiger partial charge < -0.3 is 14.2 Å². The third-order valence-corrected chi connectivity index (χ3v) is 4.97. The minimum atomic E-state index is -0.832. The number of rotatable bonds is 6. The fourth-order valence-corrected chi connectivity index (χ4v) is 3.45. The normalized spacial score (nSPS) is 19.8. The van der Waals surface area contributed by atoms with Crippen molar-refractivity contribution in [3.05, 3.63) is 59.7 Å². The fraction of sp³-hybridized carbons (Fsp3) is 0.318. The van der Waals surface area contributed by atoms with Gasteiger partial charge in [-0.05, 0) is 44.0 Å². The molecule has 0 radical (unpaired) electrons. The number of carbonyl (C=O) groups is 3. The third kappa shape index (κ3) is 3.68. The van der Waals surface area contributed by atoms with Crippen molar-refractivity contribution >= 4 is 17.8 Å². The van der Waals surface area contributed by atoms with Gasteiger partial charge in [0.1, 0.15) is 6.10 Å². The van der Waals surface area contributed by atoms with Crippen LogP contribution in [0.15, 0.2) is 48.5 Å². The first kappa shape index (κ1) is 19.0. The lowest BCUT2D eigenvalue weighted by atomic mass is 10.1. The summed E-state index contributed by atoms with van der Waals surface area (Å²) in [5, 5.41) is 0. The van der Waals surface area contributed by atoms with Gasteiger partial charge in [-0.25, -0.2) is 4.79 Å². The highest BCUT2D eigenvalue weighted by molar-refractivity contribution is 6.21. The SMILES string of the molecule is C[C@H]1Oc2ccccc2O[C@@H]1C(=O)OCCCCN1C(=O)c2ccccc2C1=O. The van der Waals surface area contributed by atoms with Gasteiger partial charge in [-0.3, -0.25) is 14.5 Å². The molecule has 150 valence electrons. The van der Waals surface area contributed by atoms with Gasteiger partial charge in [-0.15, -0.1) is 0 Å². The van der Waals surface area contributed by atoms with Crippen LogP contribution in [0.4, 0.5) is 0 Å². The molecule has 2 aliphatic rings. The largest absolute Gasteiger partial charge is 0.482 e. The molecule has 7 nitrogen and oxygen atoms in total. The van der Waals surface area contributed by atoms with Crippen molar-refractivity contribution in [3.8, 4) is 11.5 Å². The first-order valence-corrected chi connectivity index (χ1v) is 9.60. The number of benzene rings is 2. The molecule has 2 atom stereocenters. The molecule has 2 amide bonds. The van der Waals surface area contributed by atoms with Crippen LogP contribution in [0.2, 0.25) is 0 Å². The monoisotopic (exact) mass is 395 g/mol. The Hall–Kier alpha value is -3.35. The Balaban J connectivity index is 1.23. The Morgan fingerprint density at radius 3 is 2.17 bits per heavy atom. The molecular weight excluding hydrogens is 374 g/mol. The summed E-state index contributed by atoms with van der Waals surface area (Å²) < 4.78 is 16.7. The third-order valence-electron chi connectivity index (χ3n) is 4.97. The van der Waals surface area contributed by atoms with Crippen LogP contribution in [0.5, 0.6) is 11.5 Å². The number of unbranched alkanes of at least 4 members (excludes halogenated alkanes) is 1. The van der Waals surface area contributed by atoms with E-state index in [0.29, 0.717) is 35.5 Å². The van der Waals surface area contributed by atoms with Gasteiger partial charge in [-0.1, -0.05) is 24.3 Å². The molecule has 0 saturated heterocycles. The highest BCUT2D eigenvalue weighted by Crippen LogP contribution is 2.33. The molecule has 0 aromatic heterocycles. The van der Waals surface area contributed by atoms with E-state index in [2.05, 4.69) is 0 Å². The van der Waals surface area contributed by atoms with Crippen molar-refractivity contribution in [3.63, 3.8) is 0 Å². The van der Waals surface area contributed by atoms with E-state index in [0.717, 1.165) is 0 Å². The maximum Gasteiger partial charge on any atom is 0.351 e. The van der Waals surface area contributed by atoms with Crippen LogP contribution in [0.1, 0.15) is 40.5 Å². The van der Waals surface area contributed by atoms with E-state index in [1.165, 1.54) is 4.90 Å². The zero-order valence-electron chi connectivity index (χ0n) is 16.0. The predicted octanol–water partition coefficient (Wildman–Crippen LogP) is 2.83. The fourth-order valence-electron chi connectivity index (χ4n) is 3.45. The Bertz CT molecular complexity index is 921. The Morgan fingerprint density at radius 2 is 1.52 bits per heavy atom. The molecule has 2 aliphatic heterocycles. The number of carbonyl (C=O) groups excluding carboxylic acids is 3. The average molecular weight is 395 g/mol. The molecule has 0 bridgehead atoms. The van der Waals surface area contributed by atoms with E-state index >= 15 is 0 Å². The molecule has 0 spiro atoms. The summed E-state index contributed by atoms with van der Waals surface area (Å²) in [5.41, 5.74) is 0.875. The lowest BCUT2D eigenvalue weighted by Crippen LogP contribution is -2.44. The van der Waals surface area contributed by atoms with Gasteiger partial charge >= 0.3 is 5.97 Å². The maximum absolute atomic E-state index is 12.3. The Kier molecular flexibility index (Phi) is 5.20. The number of amides is 2. The predicted molar refractivity (Wildman–Crippen MR) is 103 cm³/mol. The Morgan fingerprint density at radius 1 is 0.931 bits per heavy atom. The second-order valence-electron chi connectivity index (χ2n) is 6.99. The first-order valence-electron chi connectivity index (χ1n) is 9.60. The van der Waals surface area contributed by atoms with Crippen LogP contribution in [-0.4, -0.2) is 48.0 Å². The van der Waals surface area contributed by atoms with Crippen molar-refractivity contribution in [2.75, 3.05) is 13.2 Å². The molecule has 0 N–H and O–H groups in total. The number of nitrogens with zero attached hydrogens (tertiary/aromatic N) is 1. The first-order chi connectivity index (χ1) is 14.1. The van der Waals surface area contributed by atoms with Gasteiger partial charge in [0.05, 0.1) is 17.7 Å². The van der Waals surface area contributed by atoms with Crippen LogP contribution in [-0.2, 0) is 9.53 Å². The quantitative estimate of drug-likeness (QED) is 0.425. The topological polar surface area (TPSA) is 82.1 Å². The highest BCUT2D eigenvalue weighted by atomic mass is 16.6. The minimum Gasteiger partial charge on any atom is -0.482 e. The van der Waals surface area contributed by atoms with Crippen molar-refractivity contribution in [1.29, 1.82) is 0 Å². The number of fused-ring (bicyclic) bond motifs is 2. The Labute approximate surface area is 168 Å². The summed E-state index contributed by atoms with van der Waals surface area (Å²) in [6.07, 6.45) is -0.228. The molecule has 0 aliphatic carbocycles. The summed E-state index contributed by atoms with van der Waals surface area (Å²) in [6.45, 7) is 2.22. The van der Waals surface area contributed by atoms with Crippen LogP contribution in [0, 0.1) is 0 Å². The summed E-state index contributed by atoms with van der Waals surface area (Å²) in [7, 11) is 0. The molecule has 2 heterocycles. The van der Waals surface area contributed by atoms with Crippen molar-refractivity contribution in [2.24, 2.45) is 0 Å². The number of para-hydroxylation sites is 2. The number of esters is 1. The van der Waals surface area contributed by atoms with Gasteiger partial charge in [0.25, 0.3) is 11.8 Å². The van der Waals surface area contributed by atoms with Gasteiger partial charge in [-0.2, -0.15) is 0 Å². The molecule has 2 aromatic rings. The summed E-state index contributed by atoms with van der Waals surface area (Å²) in [4.78, 5) is 38.2. The standard InChI is InChI=1S/C22H21NO6/c1-14-19(29-18-11-5-4-10-17(18)28-14)22(26)27-13-7-6-12-23-20(24)15-8-2-3-9-16(15)21(23)25/h2-5,8-11,14,19H,6-7,12-13H2,1H3/t14-,19+/m1/s1. The van der Waals surface area contributed by atoms with Gasteiger partial charge in [0.2, 0.25) is 6.10 Å². The molecule has 0 fully saturated rings. The maximum atomic E-state index is 12.3. The summed E-state index contributed by atoms with van der Waals surface area (Å²) in [6, 6.07) is 14.0. The summed E-state index contributed by atoms with van der Waals surface area (Å²) in [5.74, 6) is 0.0709. The van der Waals surface area contributed by atoms with E-state index in [9.17, 15) is 14.4 Å². The van der Waals surface area contributed by atoms with Crippen LogP contribution in [0.25, 0.3) is 0 Å². The van der Waals surface area contributed by atoms with Crippen LogP contribution in [0.3, 0.4) is 0 Å². The molecule has 2 aromatic carbocycles. The minimum absolute atomic E-state index is 0.177. The zero-order chi connectivity index (χ0) is 20.4. The van der Waals surface area contributed by atoms with Crippen molar-refractivity contribution < 1.29 is 28.6 Å². The van der Waals surface area contributed by atoms with Gasteiger partial charge in [0, 0.05) is 6.54 Å². The number of hydrogen-bond acceptors (Lipinski definition) is 6.